The van der Waals surface area contributed by atoms with Gasteiger partial charge in [0.15, 0.2) is 5.82 Å². The van der Waals surface area contributed by atoms with E-state index in [1.807, 2.05) is 73.8 Å². The number of hydrogen-bond acceptors (Lipinski definition) is 10. The van der Waals surface area contributed by atoms with Crippen molar-refractivity contribution in [2.24, 2.45) is 0 Å². The molecule has 3 N–H and O–H groups in total. The van der Waals surface area contributed by atoms with E-state index in [2.05, 4.69) is 35.5 Å². The molecule has 0 saturated carbocycles. The number of pyridine rings is 1. The van der Waals surface area contributed by atoms with Crippen LogP contribution in [0.3, 0.4) is 0 Å². The Hall–Kier alpha value is -4.96. The van der Waals surface area contributed by atoms with E-state index in [1.165, 1.54) is 0 Å². The molecule has 0 atom stereocenters. The summed E-state index contributed by atoms with van der Waals surface area (Å²) in [4.78, 5) is 18.2. The van der Waals surface area contributed by atoms with Crippen molar-refractivity contribution in [3.63, 3.8) is 0 Å². The predicted molar refractivity (Wildman–Crippen MR) is 145 cm³/mol. The molecule has 0 saturated heterocycles. The number of benzene rings is 2. The minimum Gasteiger partial charge on any atom is -0.438 e. The van der Waals surface area contributed by atoms with Crippen LogP contribution < -0.4 is 15.8 Å². The lowest BCUT2D eigenvalue weighted by Crippen LogP contribution is -1.99. The van der Waals surface area contributed by atoms with Crippen LogP contribution in [0.1, 0.15) is 4.88 Å². The van der Waals surface area contributed by atoms with Crippen LogP contribution in [0, 0.1) is 6.92 Å². The molecule has 180 valence electrons. The van der Waals surface area contributed by atoms with Gasteiger partial charge in [-0.3, -0.25) is 0 Å². The van der Waals surface area contributed by atoms with Gasteiger partial charge in [0.05, 0.1) is 11.3 Å². The molecule has 0 bridgehead atoms. The van der Waals surface area contributed by atoms with Crippen LogP contribution in [0.2, 0.25) is 0 Å². The summed E-state index contributed by atoms with van der Waals surface area (Å²) in [5.41, 5.74) is 8.72. The molecule has 6 aromatic rings. The first kappa shape index (κ1) is 22.5. The third kappa shape index (κ3) is 4.65. The van der Waals surface area contributed by atoms with Crippen LogP contribution in [-0.4, -0.2) is 30.1 Å². The zero-order valence-corrected chi connectivity index (χ0v) is 20.5. The Morgan fingerprint density at radius 3 is 2.46 bits per heavy atom. The molecule has 37 heavy (non-hydrogen) atoms. The van der Waals surface area contributed by atoms with Gasteiger partial charge in [0, 0.05) is 39.9 Å². The highest BCUT2D eigenvalue weighted by molar-refractivity contribution is 7.15. The SMILES string of the molecule is Cc1cnc(-c2nnc(Nc3ccc(Oc4ncccc4-c4ccnc(N)n4)cc3)c3ccccc23)s1. The summed E-state index contributed by atoms with van der Waals surface area (Å²) in [6, 6.07) is 21.0. The number of anilines is 3. The van der Waals surface area contributed by atoms with Gasteiger partial charge in [-0.15, -0.1) is 21.5 Å². The third-order valence-corrected chi connectivity index (χ3v) is 6.48. The Labute approximate surface area is 216 Å². The number of fused-ring (bicyclic) bond motifs is 1. The number of nitrogens with zero attached hydrogens (tertiary/aromatic N) is 6. The molecule has 0 aliphatic rings. The molecule has 4 aromatic heterocycles. The topological polar surface area (TPSA) is 125 Å². The molecule has 0 radical (unpaired) electrons. The average Bonchev–Trinajstić information content (AvgIpc) is 3.36. The molecular formula is C27H20N8OS. The number of hydrogen-bond donors (Lipinski definition) is 2. The molecule has 0 fully saturated rings. The second-order valence-corrected chi connectivity index (χ2v) is 9.36. The van der Waals surface area contributed by atoms with E-state index in [-0.39, 0.29) is 5.95 Å². The highest BCUT2D eigenvalue weighted by Gasteiger charge is 2.14. The number of ether oxygens (including phenoxy) is 1. The number of nitrogen functional groups attached to an aromatic ring is 1. The average molecular weight is 505 g/mol. The summed E-state index contributed by atoms with van der Waals surface area (Å²) in [5, 5.41) is 15.1. The highest BCUT2D eigenvalue weighted by atomic mass is 32.1. The molecular weight excluding hydrogens is 484 g/mol. The van der Waals surface area contributed by atoms with Gasteiger partial charge >= 0.3 is 0 Å². The van der Waals surface area contributed by atoms with E-state index in [4.69, 9.17) is 10.5 Å². The largest absolute Gasteiger partial charge is 0.438 e. The minimum absolute atomic E-state index is 0.188. The van der Waals surface area contributed by atoms with E-state index in [0.29, 0.717) is 23.1 Å². The zero-order chi connectivity index (χ0) is 25.2. The second kappa shape index (κ2) is 9.59. The molecule has 10 heteroatoms. The Bertz CT molecular complexity index is 1720. The van der Waals surface area contributed by atoms with Crippen molar-refractivity contribution < 1.29 is 4.74 Å². The van der Waals surface area contributed by atoms with Gasteiger partial charge in [-0.1, -0.05) is 24.3 Å². The summed E-state index contributed by atoms with van der Waals surface area (Å²) in [7, 11) is 0. The van der Waals surface area contributed by atoms with Crippen molar-refractivity contribution in [1.29, 1.82) is 0 Å². The van der Waals surface area contributed by atoms with Crippen molar-refractivity contribution in [3.8, 4) is 33.6 Å². The summed E-state index contributed by atoms with van der Waals surface area (Å²) in [5.74, 6) is 1.90. The van der Waals surface area contributed by atoms with E-state index in [9.17, 15) is 0 Å². The normalized spacial score (nSPS) is 10.9. The fraction of sp³-hybridized carbons (Fsp3) is 0.0370. The van der Waals surface area contributed by atoms with Crippen LogP contribution in [-0.2, 0) is 0 Å². The summed E-state index contributed by atoms with van der Waals surface area (Å²) < 4.78 is 6.07. The lowest BCUT2D eigenvalue weighted by molar-refractivity contribution is 0.465. The smallest absolute Gasteiger partial charge is 0.228 e. The quantitative estimate of drug-likeness (QED) is 0.279. The van der Waals surface area contributed by atoms with Gasteiger partial charge in [-0.05, 0) is 49.4 Å². The summed E-state index contributed by atoms with van der Waals surface area (Å²) in [6.45, 7) is 2.03. The number of nitrogens with one attached hydrogen (secondary N) is 1. The fourth-order valence-corrected chi connectivity index (χ4v) is 4.63. The first-order chi connectivity index (χ1) is 18.1. The fourth-order valence-electron chi connectivity index (χ4n) is 3.86. The number of nitrogens with two attached hydrogens (primary N) is 1. The van der Waals surface area contributed by atoms with Gasteiger partial charge < -0.3 is 15.8 Å². The Balaban J connectivity index is 1.26. The molecule has 9 nitrogen and oxygen atoms in total. The van der Waals surface area contributed by atoms with Crippen molar-refractivity contribution in [2.45, 2.75) is 6.92 Å². The van der Waals surface area contributed by atoms with Crippen molar-refractivity contribution in [3.05, 3.63) is 90.2 Å². The van der Waals surface area contributed by atoms with Gasteiger partial charge in [0.1, 0.15) is 16.5 Å². The van der Waals surface area contributed by atoms with Crippen LogP contribution in [0.25, 0.3) is 32.7 Å². The van der Waals surface area contributed by atoms with Crippen molar-refractivity contribution >= 4 is 39.6 Å². The predicted octanol–water partition coefficient (Wildman–Crippen LogP) is 6.03. The van der Waals surface area contributed by atoms with E-state index in [0.717, 1.165) is 37.6 Å². The maximum atomic E-state index is 6.07. The molecule has 0 spiro atoms. The Morgan fingerprint density at radius 1 is 0.838 bits per heavy atom. The Kier molecular flexibility index (Phi) is 5.83. The van der Waals surface area contributed by atoms with Gasteiger partial charge in [-0.25, -0.2) is 19.9 Å². The van der Waals surface area contributed by atoms with E-state index >= 15 is 0 Å². The number of thiazole rings is 1. The maximum absolute atomic E-state index is 6.07. The molecule has 0 aliphatic carbocycles. The molecule has 2 aromatic carbocycles. The molecule has 6 rings (SSSR count). The summed E-state index contributed by atoms with van der Waals surface area (Å²) >= 11 is 1.60. The Morgan fingerprint density at radius 2 is 1.68 bits per heavy atom. The number of aryl methyl sites for hydroxylation is 1. The first-order valence-corrected chi connectivity index (χ1v) is 12.2. The highest BCUT2D eigenvalue weighted by Crippen LogP contribution is 2.34. The zero-order valence-electron chi connectivity index (χ0n) is 19.7. The molecule has 4 heterocycles. The first-order valence-electron chi connectivity index (χ1n) is 11.4. The lowest BCUT2D eigenvalue weighted by atomic mass is 10.1. The van der Waals surface area contributed by atoms with Crippen LogP contribution >= 0.6 is 11.3 Å². The van der Waals surface area contributed by atoms with Crippen molar-refractivity contribution in [1.82, 2.24) is 30.1 Å². The van der Waals surface area contributed by atoms with Crippen LogP contribution in [0.4, 0.5) is 17.5 Å². The van der Waals surface area contributed by atoms with E-state index in [1.54, 1.807) is 29.8 Å². The van der Waals surface area contributed by atoms with Crippen LogP contribution in [0.15, 0.2) is 85.3 Å². The van der Waals surface area contributed by atoms with Crippen molar-refractivity contribution in [2.75, 3.05) is 11.1 Å². The number of aromatic nitrogens is 6. The maximum Gasteiger partial charge on any atom is 0.228 e. The van der Waals surface area contributed by atoms with Crippen LogP contribution in [0.5, 0.6) is 11.6 Å². The van der Waals surface area contributed by atoms with Gasteiger partial charge in [0.25, 0.3) is 0 Å². The standard InChI is InChI=1S/C27H20N8OS/c1-16-15-31-26(37-16)23-19-5-2-3-6-20(19)24(35-34-23)32-17-8-10-18(11-9-17)36-25-21(7-4-13-29-25)22-12-14-30-27(28)33-22/h2-15H,1H3,(H,32,35)(H2,28,30,33). The monoisotopic (exact) mass is 504 g/mol. The van der Waals surface area contributed by atoms with Gasteiger partial charge in [0.2, 0.25) is 11.8 Å². The lowest BCUT2D eigenvalue weighted by Gasteiger charge is -2.12. The third-order valence-electron chi connectivity index (χ3n) is 5.56. The minimum atomic E-state index is 0.188. The number of rotatable bonds is 6. The molecule has 0 aliphatic heterocycles. The van der Waals surface area contributed by atoms with Gasteiger partial charge in [-0.2, -0.15) is 0 Å². The molecule has 0 unspecified atom stereocenters. The van der Waals surface area contributed by atoms with E-state index < -0.39 is 0 Å². The second-order valence-electron chi connectivity index (χ2n) is 8.13. The summed E-state index contributed by atoms with van der Waals surface area (Å²) in [6.07, 6.45) is 5.12. The molecule has 0 amide bonds.